The minimum absolute atomic E-state index is 0.0476. The van der Waals surface area contributed by atoms with Crippen LogP contribution in [0, 0.1) is 0 Å². The van der Waals surface area contributed by atoms with E-state index in [0.29, 0.717) is 0 Å². The lowest BCUT2D eigenvalue weighted by molar-refractivity contribution is -0.137. The molecule has 82 valence electrons. The zero-order valence-electron chi connectivity index (χ0n) is 8.76. The summed E-state index contributed by atoms with van der Waals surface area (Å²) in [4.78, 5) is 10.6. The molecule has 0 bridgehead atoms. The second kappa shape index (κ2) is 4.33. The van der Waals surface area contributed by atoms with Gasteiger partial charge in [0, 0.05) is 6.04 Å². The summed E-state index contributed by atoms with van der Waals surface area (Å²) in [7, 11) is 0. The van der Waals surface area contributed by atoms with Gasteiger partial charge in [-0.15, -0.1) is 0 Å². The van der Waals surface area contributed by atoms with E-state index in [1.165, 1.54) is 0 Å². The van der Waals surface area contributed by atoms with Crippen molar-refractivity contribution in [2.24, 2.45) is 5.73 Å². The lowest BCUT2D eigenvalue weighted by Crippen LogP contribution is -2.15. The third-order valence-electron chi connectivity index (χ3n) is 2.62. The third kappa shape index (κ3) is 2.04. The molecule has 2 aromatic carbocycles. The maximum absolute atomic E-state index is 10.6. The molecule has 3 nitrogen and oxygen atoms in total. The topological polar surface area (TPSA) is 63.3 Å². The quantitative estimate of drug-likeness (QED) is 0.825. The monoisotopic (exact) mass is 215 g/mol. The van der Waals surface area contributed by atoms with E-state index in [0.717, 1.165) is 16.3 Å². The molecule has 2 rings (SSSR count). The van der Waals surface area contributed by atoms with Gasteiger partial charge < -0.3 is 10.8 Å². The Morgan fingerprint density at radius 1 is 1.19 bits per heavy atom. The summed E-state index contributed by atoms with van der Waals surface area (Å²) in [6.45, 7) is 0. The van der Waals surface area contributed by atoms with Crippen molar-refractivity contribution in [3.63, 3.8) is 0 Å². The normalized spacial score (nSPS) is 12.6. The van der Waals surface area contributed by atoms with E-state index in [4.69, 9.17) is 10.8 Å². The highest BCUT2D eigenvalue weighted by Gasteiger charge is 2.12. The van der Waals surface area contributed by atoms with Crippen molar-refractivity contribution in [3.05, 3.63) is 48.0 Å². The Morgan fingerprint density at radius 2 is 1.88 bits per heavy atom. The zero-order valence-corrected chi connectivity index (χ0v) is 8.76. The summed E-state index contributed by atoms with van der Waals surface area (Å²) in [6.07, 6.45) is -0.0476. The SMILES string of the molecule is NC(CC(=O)O)c1cccc2ccccc12. The van der Waals surface area contributed by atoms with Crippen LogP contribution in [0.1, 0.15) is 18.0 Å². The molecule has 0 aromatic heterocycles. The molecule has 0 fully saturated rings. The second-order valence-electron chi connectivity index (χ2n) is 3.77. The maximum atomic E-state index is 10.6. The van der Waals surface area contributed by atoms with E-state index in [2.05, 4.69) is 0 Å². The van der Waals surface area contributed by atoms with Crippen molar-refractivity contribution >= 4 is 16.7 Å². The van der Waals surface area contributed by atoms with Gasteiger partial charge in [0.2, 0.25) is 0 Å². The molecule has 0 amide bonds. The van der Waals surface area contributed by atoms with Gasteiger partial charge in [-0.2, -0.15) is 0 Å². The number of carbonyl (C=O) groups is 1. The number of rotatable bonds is 3. The lowest BCUT2D eigenvalue weighted by Gasteiger charge is -2.12. The van der Waals surface area contributed by atoms with Crippen molar-refractivity contribution in [2.45, 2.75) is 12.5 Å². The highest BCUT2D eigenvalue weighted by Crippen LogP contribution is 2.24. The van der Waals surface area contributed by atoms with Gasteiger partial charge in [0.15, 0.2) is 0 Å². The second-order valence-corrected chi connectivity index (χ2v) is 3.77. The molecule has 0 aliphatic heterocycles. The van der Waals surface area contributed by atoms with E-state index >= 15 is 0 Å². The fourth-order valence-corrected chi connectivity index (χ4v) is 1.87. The van der Waals surface area contributed by atoms with E-state index in [1.807, 2.05) is 42.5 Å². The molecular formula is C13H13NO2. The summed E-state index contributed by atoms with van der Waals surface area (Å²) in [6, 6.07) is 13.2. The van der Waals surface area contributed by atoms with Gasteiger partial charge in [-0.05, 0) is 16.3 Å². The van der Waals surface area contributed by atoms with Crippen LogP contribution in [0.15, 0.2) is 42.5 Å². The minimum Gasteiger partial charge on any atom is -0.481 e. The molecule has 0 saturated heterocycles. The van der Waals surface area contributed by atoms with Crippen LogP contribution in [-0.2, 0) is 4.79 Å². The molecule has 0 heterocycles. The fraction of sp³-hybridized carbons (Fsp3) is 0.154. The Hall–Kier alpha value is -1.87. The summed E-state index contributed by atoms with van der Waals surface area (Å²) in [5.41, 5.74) is 6.77. The summed E-state index contributed by atoms with van der Waals surface area (Å²) in [5, 5.41) is 10.8. The standard InChI is InChI=1S/C13H13NO2/c14-12(8-13(15)16)11-7-3-5-9-4-1-2-6-10(9)11/h1-7,12H,8,14H2,(H,15,16). The molecule has 2 aromatic rings. The Morgan fingerprint density at radius 3 is 2.62 bits per heavy atom. The highest BCUT2D eigenvalue weighted by molar-refractivity contribution is 5.86. The van der Waals surface area contributed by atoms with Crippen LogP contribution >= 0.6 is 0 Å². The van der Waals surface area contributed by atoms with E-state index < -0.39 is 12.0 Å². The first-order chi connectivity index (χ1) is 7.68. The molecule has 3 N–H and O–H groups in total. The summed E-state index contributed by atoms with van der Waals surface area (Å²) in [5.74, 6) is -0.875. The Balaban J connectivity index is 2.47. The number of benzene rings is 2. The smallest absolute Gasteiger partial charge is 0.305 e. The van der Waals surface area contributed by atoms with Gasteiger partial charge in [-0.1, -0.05) is 42.5 Å². The van der Waals surface area contributed by atoms with Crippen molar-refractivity contribution < 1.29 is 9.90 Å². The largest absolute Gasteiger partial charge is 0.481 e. The van der Waals surface area contributed by atoms with Crippen LogP contribution in [0.25, 0.3) is 10.8 Å². The molecule has 0 aliphatic rings. The lowest BCUT2D eigenvalue weighted by atomic mass is 9.97. The van der Waals surface area contributed by atoms with E-state index in [9.17, 15) is 4.79 Å². The zero-order chi connectivity index (χ0) is 11.5. The van der Waals surface area contributed by atoms with Gasteiger partial charge in [-0.25, -0.2) is 0 Å². The molecule has 0 radical (unpaired) electrons. The number of aliphatic carboxylic acids is 1. The summed E-state index contributed by atoms with van der Waals surface area (Å²) >= 11 is 0. The number of nitrogens with two attached hydrogens (primary N) is 1. The predicted octanol–water partition coefficient (Wildman–Crippen LogP) is 2.31. The number of hydrogen-bond acceptors (Lipinski definition) is 2. The molecule has 0 aliphatic carbocycles. The average Bonchev–Trinajstić information content (AvgIpc) is 2.27. The molecule has 1 unspecified atom stereocenters. The van der Waals surface area contributed by atoms with Crippen LogP contribution in [0.3, 0.4) is 0 Å². The number of fused-ring (bicyclic) bond motifs is 1. The third-order valence-corrected chi connectivity index (χ3v) is 2.62. The van der Waals surface area contributed by atoms with Gasteiger partial charge in [0.25, 0.3) is 0 Å². The van der Waals surface area contributed by atoms with E-state index in [-0.39, 0.29) is 6.42 Å². The number of hydrogen-bond donors (Lipinski definition) is 2. The van der Waals surface area contributed by atoms with Crippen molar-refractivity contribution in [1.82, 2.24) is 0 Å². The van der Waals surface area contributed by atoms with Crippen LogP contribution < -0.4 is 5.73 Å². The Kier molecular flexibility index (Phi) is 2.88. The van der Waals surface area contributed by atoms with Gasteiger partial charge in [0.1, 0.15) is 0 Å². The maximum Gasteiger partial charge on any atom is 0.305 e. The first-order valence-corrected chi connectivity index (χ1v) is 5.13. The van der Waals surface area contributed by atoms with Gasteiger partial charge in [-0.3, -0.25) is 4.79 Å². The molecule has 0 spiro atoms. The number of carboxylic acid groups (broad SMARTS) is 1. The first-order valence-electron chi connectivity index (χ1n) is 5.13. The Bertz CT molecular complexity index is 517. The van der Waals surface area contributed by atoms with E-state index in [1.54, 1.807) is 0 Å². The predicted molar refractivity (Wildman–Crippen MR) is 63.1 cm³/mol. The van der Waals surface area contributed by atoms with Crippen LogP contribution in [-0.4, -0.2) is 11.1 Å². The van der Waals surface area contributed by atoms with Crippen molar-refractivity contribution in [2.75, 3.05) is 0 Å². The Labute approximate surface area is 93.5 Å². The van der Waals surface area contributed by atoms with Crippen molar-refractivity contribution in [1.29, 1.82) is 0 Å². The van der Waals surface area contributed by atoms with Gasteiger partial charge in [0.05, 0.1) is 6.42 Å². The van der Waals surface area contributed by atoms with Crippen LogP contribution in [0.4, 0.5) is 0 Å². The molecule has 3 heteroatoms. The highest BCUT2D eigenvalue weighted by atomic mass is 16.4. The summed E-state index contributed by atoms with van der Waals surface area (Å²) < 4.78 is 0. The molecule has 1 atom stereocenters. The van der Waals surface area contributed by atoms with Gasteiger partial charge >= 0.3 is 5.97 Å². The van der Waals surface area contributed by atoms with Crippen LogP contribution in [0.2, 0.25) is 0 Å². The average molecular weight is 215 g/mol. The van der Waals surface area contributed by atoms with Crippen LogP contribution in [0.5, 0.6) is 0 Å². The number of carboxylic acids is 1. The fourth-order valence-electron chi connectivity index (χ4n) is 1.87. The molecule has 0 saturated carbocycles. The molecular weight excluding hydrogens is 202 g/mol. The minimum atomic E-state index is -0.875. The first kappa shape index (κ1) is 10.6. The molecule has 16 heavy (non-hydrogen) atoms. The van der Waals surface area contributed by atoms with Crippen molar-refractivity contribution in [3.8, 4) is 0 Å².